The predicted octanol–water partition coefficient (Wildman–Crippen LogP) is 3.40. The van der Waals surface area contributed by atoms with Gasteiger partial charge < -0.3 is 10.1 Å². The van der Waals surface area contributed by atoms with Crippen LogP contribution in [0.15, 0.2) is 60.4 Å². The average Bonchev–Trinajstić information content (AvgIpc) is 3.28. The zero-order chi connectivity index (χ0) is 17.9. The standard InChI is InChI=1S/C19H16N4O2S/c1-25-15-4-2-3-14(9-15)16-11-23-17(12-26-19(23)22-16)18(24)21-10-13-5-7-20-8-6-13/h2-9,11-12H,10H2,1H3,(H,21,24). The van der Waals surface area contributed by atoms with Crippen LogP contribution in [0.4, 0.5) is 0 Å². The molecule has 3 aromatic heterocycles. The second-order valence-electron chi connectivity index (χ2n) is 5.67. The van der Waals surface area contributed by atoms with Crippen LogP contribution in [0, 0.1) is 0 Å². The van der Waals surface area contributed by atoms with Crippen molar-refractivity contribution < 1.29 is 9.53 Å². The Morgan fingerprint density at radius 2 is 2.12 bits per heavy atom. The van der Waals surface area contributed by atoms with Gasteiger partial charge in [0, 0.05) is 36.1 Å². The fraction of sp³-hybridized carbons (Fsp3) is 0.105. The van der Waals surface area contributed by atoms with Crippen molar-refractivity contribution in [1.82, 2.24) is 19.7 Å². The predicted molar refractivity (Wildman–Crippen MR) is 100 cm³/mol. The Labute approximate surface area is 154 Å². The minimum absolute atomic E-state index is 0.136. The first-order valence-electron chi connectivity index (χ1n) is 8.03. The van der Waals surface area contributed by atoms with Crippen molar-refractivity contribution in [3.05, 3.63) is 71.6 Å². The molecule has 0 aliphatic carbocycles. The Hall–Kier alpha value is -3.19. The Morgan fingerprint density at radius 1 is 1.27 bits per heavy atom. The molecular formula is C19H16N4O2S. The van der Waals surface area contributed by atoms with Crippen molar-refractivity contribution in [3.63, 3.8) is 0 Å². The van der Waals surface area contributed by atoms with E-state index in [0.29, 0.717) is 12.2 Å². The number of hydrogen-bond donors (Lipinski definition) is 1. The van der Waals surface area contributed by atoms with E-state index in [1.165, 1.54) is 11.3 Å². The lowest BCUT2D eigenvalue weighted by molar-refractivity contribution is 0.0945. The molecule has 4 rings (SSSR count). The summed E-state index contributed by atoms with van der Waals surface area (Å²) in [6.07, 6.45) is 5.29. The summed E-state index contributed by atoms with van der Waals surface area (Å²) in [5, 5.41) is 4.75. The van der Waals surface area contributed by atoms with E-state index in [2.05, 4.69) is 15.3 Å². The van der Waals surface area contributed by atoms with Crippen LogP contribution in [-0.4, -0.2) is 27.4 Å². The maximum atomic E-state index is 12.6. The number of benzene rings is 1. The number of methoxy groups -OCH3 is 1. The number of ether oxygens (including phenoxy) is 1. The number of aromatic nitrogens is 3. The van der Waals surface area contributed by atoms with E-state index >= 15 is 0 Å². The monoisotopic (exact) mass is 364 g/mol. The van der Waals surface area contributed by atoms with E-state index in [1.807, 2.05) is 52.4 Å². The summed E-state index contributed by atoms with van der Waals surface area (Å²) in [5.41, 5.74) is 3.32. The van der Waals surface area contributed by atoms with Crippen LogP contribution in [0.25, 0.3) is 16.2 Å². The van der Waals surface area contributed by atoms with Crippen LogP contribution in [0.1, 0.15) is 16.1 Å². The lowest BCUT2D eigenvalue weighted by atomic mass is 10.1. The molecule has 1 N–H and O–H groups in total. The lowest BCUT2D eigenvalue weighted by Crippen LogP contribution is -2.23. The molecule has 4 aromatic rings. The molecule has 0 aliphatic heterocycles. The highest BCUT2D eigenvalue weighted by molar-refractivity contribution is 7.15. The molecule has 0 saturated heterocycles. The molecule has 6 nitrogen and oxygen atoms in total. The summed E-state index contributed by atoms with van der Waals surface area (Å²) in [7, 11) is 1.64. The van der Waals surface area contributed by atoms with Crippen molar-refractivity contribution in [2.45, 2.75) is 6.54 Å². The Kier molecular flexibility index (Phi) is 4.37. The van der Waals surface area contributed by atoms with Crippen LogP contribution in [-0.2, 0) is 6.54 Å². The van der Waals surface area contributed by atoms with Gasteiger partial charge in [0.1, 0.15) is 11.4 Å². The van der Waals surface area contributed by atoms with Crippen molar-refractivity contribution in [3.8, 4) is 17.0 Å². The Bertz CT molecular complexity index is 1060. The van der Waals surface area contributed by atoms with Crippen LogP contribution >= 0.6 is 11.3 Å². The minimum atomic E-state index is -0.136. The highest BCUT2D eigenvalue weighted by atomic mass is 32.1. The summed E-state index contributed by atoms with van der Waals surface area (Å²) in [4.78, 5) is 21.9. The second-order valence-corrected chi connectivity index (χ2v) is 6.51. The van der Waals surface area contributed by atoms with Gasteiger partial charge in [0.2, 0.25) is 0 Å². The van der Waals surface area contributed by atoms with Crippen LogP contribution < -0.4 is 10.1 Å². The lowest BCUT2D eigenvalue weighted by Gasteiger charge is -2.04. The normalized spacial score (nSPS) is 10.8. The highest BCUT2D eigenvalue weighted by Crippen LogP contribution is 2.26. The topological polar surface area (TPSA) is 68.5 Å². The molecule has 0 spiro atoms. The van der Waals surface area contributed by atoms with Gasteiger partial charge in [-0.25, -0.2) is 4.98 Å². The van der Waals surface area contributed by atoms with Crippen LogP contribution in [0.2, 0.25) is 0 Å². The third-order valence-corrected chi connectivity index (χ3v) is 4.85. The zero-order valence-electron chi connectivity index (χ0n) is 14.0. The smallest absolute Gasteiger partial charge is 0.269 e. The molecule has 26 heavy (non-hydrogen) atoms. The molecule has 0 bridgehead atoms. The van der Waals surface area contributed by atoms with Crippen molar-refractivity contribution >= 4 is 22.2 Å². The van der Waals surface area contributed by atoms with E-state index in [0.717, 1.165) is 27.5 Å². The fourth-order valence-electron chi connectivity index (χ4n) is 2.64. The van der Waals surface area contributed by atoms with Gasteiger partial charge in [0.25, 0.3) is 5.91 Å². The highest BCUT2D eigenvalue weighted by Gasteiger charge is 2.15. The number of fused-ring (bicyclic) bond motifs is 1. The Morgan fingerprint density at radius 3 is 2.92 bits per heavy atom. The molecule has 0 unspecified atom stereocenters. The maximum absolute atomic E-state index is 12.6. The number of thiazole rings is 1. The minimum Gasteiger partial charge on any atom is -0.497 e. The molecule has 7 heteroatoms. The number of rotatable bonds is 5. The third-order valence-electron chi connectivity index (χ3n) is 4.01. The van der Waals surface area contributed by atoms with E-state index in [-0.39, 0.29) is 5.91 Å². The van der Waals surface area contributed by atoms with E-state index < -0.39 is 0 Å². The van der Waals surface area contributed by atoms with E-state index in [9.17, 15) is 4.79 Å². The summed E-state index contributed by atoms with van der Waals surface area (Å²) in [6, 6.07) is 11.5. The summed E-state index contributed by atoms with van der Waals surface area (Å²) < 4.78 is 7.09. The molecule has 0 atom stereocenters. The van der Waals surface area contributed by atoms with Gasteiger partial charge in [0.05, 0.1) is 12.8 Å². The van der Waals surface area contributed by atoms with Crippen LogP contribution in [0.5, 0.6) is 5.75 Å². The number of amides is 1. The third kappa shape index (κ3) is 3.16. The molecule has 1 aromatic carbocycles. The van der Waals surface area contributed by atoms with Crippen molar-refractivity contribution in [1.29, 1.82) is 0 Å². The quantitative estimate of drug-likeness (QED) is 0.589. The number of nitrogens with one attached hydrogen (secondary N) is 1. The molecule has 0 fully saturated rings. The first-order chi connectivity index (χ1) is 12.7. The largest absolute Gasteiger partial charge is 0.497 e. The van der Waals surface area contributed by atoms with Gasteiger partial charge >= 0.3 is 0 Å². The molecule has 3 heterocycles. The molecule has 130 valence electrons. The number of hydrogen-bond acceptors (Lipinski definition) is 5. The number of imidazole rings is 1. The summed E-state index contributed by atoms with van der Waals surface area (Å²) in [5.74, 6) is 0.636. The molecule has 0 saturated carbocycles. The molecule has 0 radical (unpaired) electrons. The number of nitrogens with zero attached hydrogens (tertiary/aromatic N) is 3. The van der Waals surface area contributed by atoms with E-state index in [4.69, 9.17) is 4.74 Å². The van der Waals surface area contributed by atoms with Gasteiger partial charge in [-0.3, -0.25) is 14.2 Å². The van der Waals surface area contributed by atoms with Crippen molar-refractivity contribution in [2.24, 2.45) is 0 Å². The van der Waals surface area contributed by atoms with Gasteiger partial charge in [0.15, 0.2) is 4.96 Å². The second kappa shape index (κ2) is 6.97. The van der Waals surface area contributed by atoms with Gasteiger partial charge in [-0.15, -0.1) is 11.3 Å². The number of carbonyl (C=O) groups is 1. The fourth-order valence-corrected chi connectivity index (χ4v) is 3.50. The first kappa shape index (κ1) is 16.3. The van der Waals surface area contributed by atoms with E-state index in [1.54, 1.807) is 19.5 Å². The molecule has 1 amide bonds. The number of carbonyl (C=O) groups excluding carboxylic acids is 1. The van der Waals surface area contributed by atoms with Crippen LogP contribution in [0.3, 0.4) is 0 Å². The zero-order valence-corrected chi connectivity index (χ0v) is 14.9. The van der Waals surface area contributed by atoms with Gasteiger partial charge in [-0.2, -0.15) is 0 Å². The summed E-state index contributed by atoms with van der Waals surface area (Å²) in [6.45, 7) is 0.454. The molecular weight excluding hydrogens is 348 g/mol. The van der Waals surface area contributed by atoms with Crippen molar-refractivity contribution in [2.75, 3.05) is 7.11 Å². The van der Waals surface area contributed by atoms with Gasteiger partial charge in [-0.1, -0.05) is 12.1 Å². The molecule has 0 aliphatic rings. The summed E-state index contributed by atoms with van der Waals surface area (Å²) >= 11 is 1.44. The van der Waals surface area contributed by atoms with Gasteiger partial charge in [-0.05, 0) is 29.8 Å². The first-order valence-corrected chi connectivity index (χ1v) is 8.90. The maximum Gasteiger partial charge on any atom is 0.269 e. The SMILES string of the molecule is COc1cccc(-c2cn3c(C(=O)NCc4ccncc4)csc3n2)c1. The number of pyridine rings is 1. The Balaban J connectivity index is 1.58. The average molecular weight is 364 g/mol.